The van der Waals surface area contributed by atoms with Gasteiger partial charge in [0.2, 0.25) is 0 Å². The highest BCUT2D eigenvalue weighted by Crippen LogP contribution is 2.32. The zero-order valence-electron chi connectivity index (χ0n) is 11.3. The monoisotopic (exact) mass is 277 g/mol. The second-order valence-corrected chi connectivity index (χ2v) is 3.96. The third kappa shape index (κ3) is 3.48. The van der Waals surface area contributed by atoms with Gasteiger partial charge in [-0.1, -0.05) is 18.9 Å². The molecule has 0 saturated carbocycles. The fourth-order valence-corrected chi connectivity index (χ4v) is 1.82. The van der Waals surface area contributed by atoms with Gasteiger partial charge in [-0.15, -0.1) is 6.42 Å². The van der Waals surface area contributed by atoms with Crippen molar-refractivity contribution in [1.29, 1.82) is 0 Å². The summed E-state index contributed by atoms with van der Waals surface area (Å²) in [6, 6.07) is 4.36. The molecule has 1 atom stereocenters. The fourth-order valence-electron chi connectivity index (χ4n) is 1.82. The van der Waals surface area contributed by atoms with Crippen LogP contribution in [-0.2, 0) is 9.53 Å². The number of hydrogen-bond donors (Lipinski definition) is 0. The minimum atomic E-state index is -0.570. The van der Waals surface area contributed by atoms with Gasteiger partial charge >= 0.3 is 11.7 Å². The molecule has 0 N–H and O–H groups in total. The van der Waals surface area contributed by atoms with Gasteiger partial charge < -0.3 is 9.47 Å². The van der Waals surface area contributed by atoms with Crippen LogP contribution in [0.3, 0.4) is 0 Å². The lowest BCUT2D eigenvalue weighted by atomic mass is 9.96. The van der Waals surface area contributed by atoms with E-state index >= 15 is 0 Å². The van der Waals surface area contributed by atoms with E-state index < -0.39 is 16.8 Å². The van der Waals surface area contributed by atoms with Gasteiger partial charge in [-0.05, 0) is 18.1 Å². The number of nitrogens with zero attached hydrogens (tertiary/aromatic N) is 1. The summed E-state index contributed by atoms with van der Waals surface area (Å²) < 4.78 is 9.80. The molecule has 1 aromatic rings. The van der Waals surface area contributed by atoms with Crippen molar-refractivity contribution in [2.45, 2.75) is 19.3 Å². The number of nitro benzene ring substituents is 1. The molecule has 6 nitrogen and oxygen atoms in total. The van der Waals surface area contributed by atoms with Crippen molar-refractivity contribution in [3.8, 4) is 18.1 Å². The number of carbonyl (C=O) groups is 1. The van der Waals surface area contributed by atoms with Crippen LogP contribution in [0.15, 0.2) is 18.2 Å². The number of hydrogen-bond acceptors (Lipinski definition) is 5. The van der Waals surface area contributed by atoms with Gasteiger partial charge in [0.05, 0.1) is 18.0 Å². The predicted molar refractivity (Wildman–Crippen MR) is 72.5 cm³/mol. The molecule has 0 bridgehead atoms. The molecule has 0 amide bonds. The Morgan fingerprint density at radius 1 is 1.55 bits per heavy atom. The number of carbonyl (C=O) groups excluding carboxylic acids is 1. The van der Waals surface area contributed by atoms with Gasteiger partial charge in [-0.3, -0.25) is 14.9 Å². The van der Waals surface area contributed by atoms with Gasteiger partial charge in [-0.25, -0.2) is 0 Å². The molecular weight excluding hydrogens is 262 g/mol. The summed E-state index contributed by atoms with van der Waals surface area (Å²) in [5.41, 5.74) is 0.291. The van der Waals surface area contributed by atoms with E-state index in [0.29, 0.717) is 12.0 Å². The largest absolute Gasteiger partial charge is 0.474 e. The van der Waals surface area contributed by atoms with Crippen molar-refractivity contribution >= 4 is 11.7 Å². The zero-order valence-corrected chi connectivity index (χ0v) is 11.3. The molecule has 6 heteroatoms. The third-order valence-electron chi connectivity index (χ3n) is 2.79. The van der Waals surface area contributed by atoms with E-state index in [4.69, 9.17) is 11.2 Å². The zero-order chi connectivity index (χ0) is 15.1. The molecule has 1 aromatic carbocycles. The summed E-state index contributed by atoms with van der Waals surface area (Å²) >= 11 is 0. The normalized spacial score (nSPS) is 11.2. The Hall–Kier alpha value is -2.55. The lowest BCUT2D eigenvalue weighted by Crippen LogP contribution is -2.13. The highest BCUT2D eigenvalue weighted by molar-refractivity contribution is 5.78. The van der Waals surface area contributed by atoms with Crippen LogP contribution in [0, 0.1) is 22.5 Å². The fraction of sp³-hybridized carbons (Fsp3) is 0.357. The minimum Gasteiger partial charge on any atom is -0.474 e. The van der Waals surface area contributed by atoms with E-state index in [1.165, 1.54) is 19.2 Å². The molecule has 0 fully saturated rings. The average molecular weight is 277 g/mol. The van der Waals surface area contributed by atoms with Gasteiger partial charge in [0.25, 0.3) is 0 Å². The van der Waals surface area contributed by atoms with Gasteiger partial charge in [0.1, 0.15) is 6.61 Å². The Balaban J connectivity index is 3.18. The van der Waals surface area contributed by atoms with E-state index in [1.54, 1.807) is 13.0 Å². The summed E-state index contributed by atoms with van der Waals surface area (Å²) in [6.45, 7) is 1.74. The topological polar surface area (TPSA) is 78.7 Å². The van der Waals surface area contributed by atoms with Crippen molar-refractivity contribution in [1.82, 2.24) is 0 Å². The molecule has 0 aromatic heterocycles. The van der Waals surface area contributed by atoms with Crippen molar-refractivity contribution in [2.75, 3.05) is 13.7 Å². The van der Waals surface area contributed by atoms with Crippen LogP contribution in [0.5, 0.6) is 5.75 Å². The van der Waals surface area contributed by atoms with Crippen LogP contribution in [0.25, 0.3) is 0 Å². The Labute approximate surface area is 116 Å². The quantitative estimate of drug-likeness (QED) is 0.345. The number of benzene rings is 1. The summed E-state index contributed by atoms with van der Waals surface area (Å²) in [5, 5.41) is 11.0. The summed E-state index contributed by atoms with van der Waals surface area (Å²) in [6.07, 6.45) is 5.53. The standard InChI is InChI=1S/C14H15NO5/c1-4-8-20-13-7-6-10(9-12(13)15(17)18)11(5-2)14(16)19-3/h1,6-7,9,11H,5,8H2,2-3H3. The van der Waals surface area contributed by atoms with E-state index in [2.05, 4.69) is 10.7 Å². The van der Waals surface area contributed by atoms with Crippen molar-refractivity contribution < 1.29 is 19.2 Å². The minimum absolute atomic E-state index is 0.0611. The van der Waals surface area contributed by atoms with Crippen LogP contribution in [0.4, 0.5) is 5.69 Å². The third-order valence-corrected chi connectivity index (χ3v) is 2.79. The Morgan fingerprint density at radius 2 is 2.25 bits per heavy atom. The van der Waals surface area contributed by atoms with E-state index in [-0.39, 0.29) is 18.0 Å². The molecule has 0 radical (unpaired) electrons. The lowest BCUT2D eigenvalue weighted by Gasteiger charge is -2.13. The first-order chi connectivity index (χ1) is 9.54. The molecule has 0 aliphatic rings. The van der Waals surface area contributed by atoms with E-state index in [0.717, 1.165) is 0 Å². The SMILES string of the molecule is C#CCOc1ccc(C(CC)C(=O)OC)cc1[N+](=O)[O-]. The van der Waals surface area contributed by atoms with E-state index in [1.807, 2.05) is 0 Å². The maximum Gasteiger partial charge on any atom is 0.313 e. The first-order valence-corrected chi connectivity index (χ1v) is 5.97. The molecule has 0 spiro atoms. The average Bonchev–Trinajstić information content (AvgIpc) is 2.45. The van der Waals surface area contributed by atoms with Gasteiger partial charge in [-0.2, -0.15) is 0 Å². The maximum atomic E-state index is 11.6. The van der Waals surface area contributed by atoms with Crippen LogP contribution >= 0.6 is 0 Å². The number of esters is 1. The molecule has 0 heterocycles. The summed E-state index contributed by atoms with van der Waals surface area (Å²) in [5.74, 6) is 1.35. The second kappa shape index (κ2) is 7.14. The summed E-state index contributed by atoms with van der Waals surface area (Å²) in [4.78, 5) is 22.1. The van der Waals surface area contributed by atoms with Crippen LogP contribution in [0.2, 0.25) is 0 Å². The lowest BCUT2D eigenvalue weighted by molar-refractivity contribution is -0.385. The molecule has 0 aliphatic heterocycles. The maximum absolute atomic E-state index is 11.6. The number of rotatable bonds is 6. The summed E-state index contributed by atoms with van der Waals surface area (Å²) in [7, 11) is 1.28. The molecule has 0 saturated heterocycles. The first-order valence-electron chi connectivity index (χ1n) is 5.97. The highest BCUT2D eigenvalue weighted by Gasteiger charge is 2.24. The smallest absolute Gasteiger partial charge is 0.313 e. The first kappa shape index (κ1) is 15.5. The van der Waals surface area contributed by atoms with Crippen LogP contribution in [0.1, 0.15) is 24.8 Å². The van der Waals surface area contributed by atoms with Crippen molar-refractivity contribution in [3.05, 3.63) is 33.9 Å². The number of ether oxygens (including phenoxy) is 2. The molecule has 106 valence electrons. The highest BCUT2D eigenvalue weighted by atomic mass is 16.6. The number of terminal acetylenes is 1. The second-order valence-electron chi connectivity index (χ2n) is 3.96. The Morgan fingerprint density at radius 3 is 2.75 bits per heavy atom. The Bertz CT molecular complexity index is 547. The van der Waals surface area contributed by atoms with E-state index in [9.17, 15) is 14.9 Å². The Kier molecular flexibility index (Phi) is 5.54. The number of nitro groups is 1. The van der Waals surface area contributed by atoms with Gasteiger partial charge in [0.15, 0.2) is 5.75 Å². The van der Waals surface area contributed by atoms with Crippen LogP contribution < -0.4 is 4.74 Å². The molecule has 1 unspecified atom stereocenters. The number of methoxy groups -OCH3 is 1. The van der Waals surface area contributed by atoms with Crippen LogP contribution in [-0.4, -0.2) is 24.6 Å². The molecular formula is C14H15NO5. The van der Waals surface area contributed by atoms with Crippen molar-refractivity contribution in [2.24, 2.45) is 0 Å². The predicted octanol–water partition coefficient (Wildman–Crippen LogP) is 2.27. The van der Waals surface area contributed by atoms with Gasteiger partial charge in [0, 0.05) is 6.07 Å². The van der Waals surface area contributed by atoms with Crippen molar-refractivity contribution in [3.63, 3.8) is 0 Å². The molecule has 1 rings (SSSR count). The molecule has 0 aliphatic carbocycles. The molecule has 20 heavy (non-hydrogen) atoms.